The van der Waals surface area contributed by atoms with E-state index < -0.39 is 4.92 Å². The van der Waals surface area contributed by atoms with Crippen LogP contribution in [0.1, 0.15) is 36.2 Å². The number of non-ortho nitro benzene ring substituents is 1. The van der Waals surface area contributed by atoms with Gasteiger partial charge in [0.15, 0.2) is 5.69 Å². The number of nitro groups is 1. The van der Waals surface area contributed by atoms with E-state index in [0.29, 0.717) is 17.4 Å². The number of likely N-dealkylation sites (tertiary alicyclic amines) is 2. The van der Waals surface area contributed by atoms with Crippen LogP contribution in [0, 0.1) is 10.1 Å². The fraction of sp³-hybridized carbons (Fsp3) is 0.474. The van der Waals surface area contributed by atoms with E-state index in [0.717, 1.165) is 25.9 Å². The first kappa shape index (κ1) is 17.7. The molecule has 2 aliphatic rings. The predicted octanol–water partition coefficient (Wildman–Crippen LogP) is 2.48. The second kappa shape index (κ2) is 7.48. The molecule has 2 aromatic rings. The van der Waals surface area contributed by atoms with Gasteiger partial charge in [0, 0.05) is 37.5 Å². The number of nitro benzene ring substituents is 1. The van der Waals surface area contributed by atoms with E-state index in [1.54, 1.807) is 24.4 Å². The first-order valence-electron chi connectivity index (χ1n) is 9.45. The number of aromatic nitrogens is 2. The fourth-order valence-electron chi connectivity index (χ4n) is 4.03. The highest BCUT2D eigenvalue weighted by atomic mass is 16.6. The van der Waals surface area contributed by atoms with Crippen LogP contribution in [0.25, 0.3) is 5.69 Å². The zero-order valence-corrected chi connectivity index (χ0v) is 15.2. The van der Waals surface area contributed by atoms with Crippen molar-refractivity contribution in [3.8, 4) is 5.69 Å². The average molecular weight is 369 g/mol. The molecule has 27 heavy (non-hydrogen) atoms. The summed E-state index contributed by atoms with van der Waals surface area (Å²) in [5.41, 5.74) is 0.942. The van der Waals surface area contributed by atoms with Crippen LogP contribution < -0.4 is 0 Å². The van der Waals surface area contributed by atoms with E-state index in [2.05, 4.69) is 10.00 Å². The third-order valence-corrected chi connectivity index (χ3v) is 5.52. The summed E-state index contributed by atoms with van der Waals surface area (Å²) in [5.74, 6) is -0.0703. The highest BCUT2D eigenvalue weighted by molar-refractivity contribution is 5.92. The normalized spacial score (nSPS) is 18.7. The number of rotatable bonds is 4. The minimum Gasteiger partial charge on any atom is -0.337 e. The van der Waals surface area contributed by atoms with Gasteiger partial charge in [-0.2, -0.15) is 5.10 Å². The van der Waals surface area contributed by atoms with Gasteiger partial charge >= 0.3 is 0 Å². The fourth-order valence-corrected chi connectivity index (χ4v) is 4.03. The molecule has 1 aromatic carbocycles. The molecule has 0 unspecified atom stereocenters. The summed E-state index contributed by atoms with van der Waals surface area (Å²) in [4.78, 5) is 27.7. The first-order chi connectivity index (χ1) is 13.1. The molecule has 4 rings (SSSR count). The smallest absolute Gasteiger partial charge is 0.274 e. The highest BCUT2D eigenvalue weighted by Crippen LogP contribution is 2.22. The van der Waals surface area contributed by atoms with Gasteiger partial charge in [0.25, 0.3) is 11.6 Å². The van der Waals surface area contributed by atoms with Crippen LogP contribution in [-0.2, 0) is 0 Å². The van der Waals surface area contributed by atoms with Gasteiger partial charge in [0.05, 0.1) is 10.6 Å². The van der Waals surface area contributed by atoms with Crippen molar-refractivity contribution in [3.63, 3.8) is 0 Å². The minimum atomic E-state index is -0.441. The monoisotopic (exact) mass is 369 g/mol. The summed E-state index contributed by atoms with van der Waals surface area (Å²) in [6, 6.07) is 8.49. The number of hydrogen-bond donors (Lipinski definition) is 0. The van der Waals surface area contributed by atoms with Gasteiger partial charge in [-0.3, -0.25) is 14.9 Å². The number of nitrogens with zero attached hydrogens (tertiary/aromatic N) is 5. The van der Waals surface area contributed by atoms with Crippen LogP contribution in [0.4, 0.5) is 5.69 Å². The van der Waals surface area contributed by atoms with Gasteiger partial charge < -0.3 is 9.80 Å². The van der Waals surface area contributed by atoms with Gasteiger partial charge in [0.1, 0.15) is 0 Å². The molecule has 0 N–H and O–H groups in total. The molecule has 2 fully saturated rings. The van der Waals surface area contributed by atoms with E-state index in [-0.39, 0.29) is 11.6 Å². The van der Waals surface area contributed by atoms with Crippen molar-refractivity contribution in [2.45, 2.75) is 31.7 Å². The lowest BCUT2D eigenvalue weighted by Crippen LogP contribution is -2.46. The molecule has 0 spiro atoms. The zero-order valence-electron chi connectivity index (χ0n) is 15.2. The molecular weight excluding hydrogens is 346 g/mol. The molecular formula is C19H23N5O3. The molecule has 142 valence electrons. The van der Waals surface area contributed by atoms with Crippen molar-refractivity contribution < 1.29 is 9.72 Å². The van der Waals surface area contributed by atoms with E-state index in [9.17, 15) is 14.9 Å². The minimum absolute atomic E-state index is 0.000128. The van der Waals surface area contributed by atoms with Crippen LogP contribution in [0.3, 0.4) is 0 Å². The zero-order chi connectivity index (χ0) is 18.8. The highest BCUT2D eigenvalue weighted by Gasteiger charge is 2.29. The van der Waals surface area contributed by atoms with Crippen LogP contribution >= 0.6 is 0 Å². The third-order valence-electron chi connectivity index (χ3n) is 5.52. The maximum absolute atomic E-state index is 12.8. The van der Waals surface area contributed by atoms with E-state index in [1.165, 1.54) is 42.7 Å². The van der Waals surface area contributed by atoms with Gasteiger partial charge in [-0.25, -0.2) is 4.68 Å². The maximum atomic E-state index is 12.8. The Hall–Kier alpha value is -2.74. The Morgan fingerprint density at radius 3 is 2.56 bits per heavy atom. The van der Waals surface area contributed by atoms with Crippen molar-refractivity contribution in [1.29, 1.82) is 0 Å². The van der Waals surface area contributed by atoms with Gasteiger partial charge in [-0.15, -0.1) is 0 Å². The van der Waals surface area contributed by atoms with Crippen LogP contribution in [0.15, 0.2) is 36.5 Å². The lowest BCUT2D eigenvalue weighted by atomic mass is 10.0. The SMILES string of the molecule is O=C(c1ccn(-c2cccc([N+](=O)[O-])c2)n1)N1CCC(N2CCCC2)CC1. The van der Waals surface area contributed by atoms with Crippen molar-refractivity contribution in [2.75, 3.05) is 26.2 Å². The Morgan fingerprint density at radius 1 is 1.11 bits per heavy atom. The van der Waals surface area contributed by atoms with Crippen LogP contribution in [-0.4, -0.2) is 62.6 Å². The molecule has 0 bridgehead atoms. The lowest BCUT2D eigenvalue weighted by molar-refractivity contribution is -0.384. The number of piperidine rings is 1. The van der Waals surface area contributed by atoms with E-state index in [4.69, 9.17) is 0 Å². The summed E-state index contributed by atoms with van der Waals surface area (Å²) in [6.07, 6.45) is 6.26. The Kier molecular flexibility index (Phi) is 4.89. The third kappa shape index (κ3) is 3.71. The Balaban J connectivity index is 1.42. The first-order valence-corrected chi connectivity index (χ1v) is 9.45. The van der Waals surface area contributed by atoms with Crippen molar-refractivity contribution in [1.82, 2.24) is 19.6 Å². The van der Waals surface area contributed by atoms with Crippen molar-refractivity contribution in [3.05, 3.63) is 52.3 Å². The summed E-state index contributed by atoms with van der Waals surface area (Å²) < 4.78 is 1.51. The Morgan fingerprint density at radius 2 is 1.85 bits per heavy atom. The molecule has 0 atom stereocenters. The molecule has 0 saturated carbocycles. The Bertz CT molecular complexity index is 835. The van der Waals surface area contributed by atoms with Gasteiger partial charge in [-0.1, -0.05) is 6.07 Å². The number of benzene rings is 1. The molecule has 8 nitrogen and oxygen atoms in total. The standard InChI is InChI=1S/C19H23N5O3/c25-19(22-11-6-15(7-12-22)21-9-1-2-10-21)18-8-13-23(20-18)16-4-3-5-17(14-16)24(26)27/h3-5,8,13-15H,1-2,6-7,9-12H2. The van der Waals surface area contributed by atoms with Crippen molar-refractivity contribution >= 4 is 11.6 Å². The molecule has 3 heterocycles. The largest absolute Gasteiger partial charge is 0.337 e. The van der Waals surface area contributed by atoms with Gasteiger partial charge in [-0.05, 0) is 50.9 Å². The second-order valence-corrected chi connectivity index (χ2v) is 7.19. The molecule has 0 aliphatic carbocycles. The van der Waals surface area contributed by atoms with Crippen molar-refractivity contribution in [2.24, 2.45) is 0 Å². The number of carbonyl (C=O) groups is 1. The number of carbonyl (C=O) groups excluding carboxylic acids is 1. The summed E-state index contributed by atoms with van der Waals surface area (Å²) >= 11 is 0. The maximum Gasteiger partial charge on any atom is 0.274 e. The molecule has 1 aromatic heterocycles. The average Bonchev–Trinajstić information content (AvgIpc) is 3.40. The quantitative estimate of drug-likeness (QED) is 0.611. The number of hydrogen-bond acceptors (Lipinski definition) is 5. The molecule has 1 amide bonds. The predicted molar refractivity (Wildman–Crippen MR) is 100.0 cm³/mol. The van der Waals surface area contributed by atoms with E-state index in [1.807, 2.05) is 4.90 Å². The summed E-state index contributed by atoms with van der Waals surface area (Å²) in [5, 5.41) is 15.3. The second-order valence-electron chi connectivity index (χ2n) is 7.19. The molecule has 8 heteroatoms. The van der Waals surface area contributed by atoms with Crippen LogP contribution in [0.5, 0.6) is 0 Å². The summed E-state index contributed by atoms with van der Waals surface area (Å²) in [6.45, 7) is 3.88. The molecule has 0 radical (unpaired) electrons. The molecule has 2 saturated heterocycles. The Labute approximate surface area is 157 Å². The topological polar surface area (TPSA) is 84.5 Å². The van der Waals surface area contributed by atoms with E-state index >= 15 is 0 Å². The van der Waals surface area contributed by atoms with Crippen LogP contribution in [0.2, 0.25) is 0 Å². The molecule has 2 aliphatic heterocycles. The number of amides is 1. The summed E-state index contributed by atoms with van der Waals surface area (Å²) in [7, 11) is 0. The lowest BCUT2D eigenvalue weighted by Gasteiger charge is -2.36. The van der Waals surface area contributed by atoms with Gasteiger partial charge in [0.2, 0.25) is 0 Å².